The number of aromatic amines is 1. The largest absolute Gasteiger partial charge is 0.386 e. The van der Waals surface area contributed by atoms with Gasteiger partial charge >= 0.3 is 11.9 Å². The molecule has 0 spiro atoms. The van der Waals surface area contributed by atoms with Gasteiger partial charge in [-0.05, 0) is 6.07 Å². The second-order valence-electron chi connectivity index (χ2n) is 3.51. The van der Waals surface area contributed by atoms with Crippen LogP contribution in [0.1, 0.15) is 5.56 Å². The van der Waals surface area contributed by atoms with E-state index in [1.54, 1.807) is 6.20 Å². The summed E-state index contributed by atoms with van der Waals surface area (Å²) in [5, 5.41) is 0.903. The molecule has 1 aromatic heterocycles. The number of benzene rings is 1. The summed E-state index contributed by atoms with van der Waals surface area (Å²) < 4.78 is 4.46. The fraction of sp³-hybridized carbons (Fsp3) is 0. The predicted octanol–water partition coefficient (Wildman–Crippen LogP) is 1.63. The number of carbonyl (C=O) groups is 2. The summed E-state index contributed by atoms with van der Waals surface area (Å²) >= 11 is 0. The Morgan fingerprint density at radius 2 is 1.94 bits per heavy atom. The van der Waals surface area contributed by atoms with Crippen molar-refractivity contribution in [1.82, 2.24) is 4.98 Å². The molecule has 0 unspecified atom stereocenters. The van der Waals surface area contributed by atoms with Crippen LogP contribution in [0.25, 0.3) is 16.5 Å². The number of aromatic nitrogens is 1. The second-order valence-corrected chi connectivity index (χ2v) is 3.51. The standard InChI is InChI=1S/C12H7NO3/c14-11-5-8(12(15)16-11)9-6-13-10-4-2-1-3-7(9)10/h1-6,13H. The quantitative estimate of drug-likeness (QED) is 0.578. The Labute approximate surface area is 90.5 Å². The van der Waals surface area contributed by atoms with Crippen molar-refractivity contribution >= 4 is 28.4 Å². The lowest BCUT2D eigenvalue weighted by Crippen LogP contribution is -2.00. The van der Waals surface area contributed by atoms with Gasteiger partial charge in [0, 0.05) is 28.7 Å². The molecule has 0 atom stereocenters. The zero-order valence-electron chi connectivity index (χ0n) is 8.19. The van der Waals surface area contributed by atoms with Gasteiger partial charge in [-0.3, -0.25) is 0 Å². The molecule has 1 aliphatic rings. The van der Waals surface area contributed by atoms with E-state index in [1.807, 2.05) is 24.3 Å². The first-order valence-corrected chi connectivity index (χ1v) is 4.80. The molecule has 0 amide bonds. The fourth-order valence-electron chi connectivity index (χ4n) is 1.83. The third-order valence-electron chi connectivity index (χ3n) is 2.55. The molecule has 78 valence electrons. The van der Waals surface area contributed by atoms with Gasteiger partial charge in [0.25, 0.3) is 0 Å². The van der Waals surface area contributed by atoms with Gasteiger partial charge in [0.05, 0.1) is 5.57 Å². The molecule has 1 aliphatic heterocycles. The molecule has 0 saturated heterocycles. The number of cyclic esters (lactones) is 2. The molecule has 2 heterocycles. The van der Waals surface area contributed by atoms with E-state index in [1.165, 1.54) is 6.08 Å². The molecule has 2 aromatic rings. The first kappa shape index (κ1) is 8.91. The minimum absolute atomic E-state index is 0.308. The monoisotopic (exact) mass is 213 g/mol. The van der Waals surface area contributed by atoms with Crippen LogP contribution in [0.5, 0.6) is 0 Å². The number of esters is 2. The van der Waals surface area contributed by atoms with E-state index < -0.39 is 11.9 Å². The Bertz CT molecular complexity index is 637. The van der Waals surface area contributed by atoms with Crippen LogP contribution >= 0.6 is 0 Å². The summed E-state index contributed by atoms with van der Waals surface area (Å²) in [6.45, 7) is 0. The molecule has 1 N–H and O–H groups in total. The van der Waals surface area contributed by atoms with E-state index in [-0.39, 0.29) is 0 Å². The van der Waals surface area contributed by atoms with Crippen LogP contribution in [0, 0.1) is 0 Å². The van der Waals surface area contributed by atoms with E-state index in [4.69, 9.17) is 0 Å². The average molecular weight is 213 g/mol. The number of hydrogen-bond donors (Lipinski definition) is 1. The Balaban J connectivity index is 2.24. The van der Waals surface area contributed by atoms with Gasteiger partial charge in [0.15, 0.2) is 0 Å². The zero-order valence-corrected chi connectivity index (χ0v) is 8.19. The normalized spacial score (nSPS) is 15.4. The fourth-order valence-corrected chi connectivity index (χ4v) is 1.83. The first-order valence-electron chi connectivity index (χ1n) is 4.80. The van der Waals surface area contributed by atoms with Crippen LogP contribution in [-0.2, 0) is 14.3 Å². The Morgan fingerprint density at radius 1 is 1.12 bits per heavy atom. The zero-order chi connectivity index (χ0) is 11.1. The highest BCUT2D eigenvalue weighted by atomic mass is 16.6. The molecule has 0 radical (unpaired) electrons. The Kier molecular flexibility index (Phi) is 1.71. The maximum atomic E-state index is 11.4. The molecule has 0 aliphatic carbocycles. The lowest BCUT2D eigenvalue weighted by molar-refractivity contribution is -0.149. The van der Waals surface area contributed by atoms with Gasteiger partial charge in [-0.1, -0.05) is 18.2 Å². The van der Waals surface area contributed by atoms with Gasteiger partial charge in [-0.2, -0.15) is 0 Å². The maximum Gasteiger partial charge on any atom is 0.346 e. The van der Waals surface area contributed by atoms with Crippen LogP contribution < -0.4 is 0 Å². The summed E-state index contributed by atoms with van der Waals surface area (Å²) in [6.07, 6.45) is 2.92. The van der Waals surface area contributed by atoms with Crippen molar-refractivity contribution in [2.45, 2.75) is 0 Å². The third-order valence-corrected chi connectivity index (χ3v) is 2.55. The van der Waals surface area contributed by atoms with Crippen molar-refractivity contribution in [2.75, 3.05) is 0 Å². The van der Waals surface area contributed by atoms with Gasteiger partial charge in [-0.25, -0.2) is 9.59 Å². The van der Waals surface area contributed by atoms with Crippen molar-refractivity contribution in [1.29, 1.82) is 0 Å². The van der Waals surface area contributed by atoms with Gasteiger partial charge in [-0.15, -0.1) is 0 Å². The SMILES string of the molecule is O=C1C=C(c2c[nH]c3ccccc23)C(=O)O1. The molecule has 3 rings (SSSR count). The van der Waals surface area contributed by atoms with E-state index >= 15 is 0 Å². The van der Waals surface area contributed by atoms with Crippen molar-refractivity contribution < 1.29 is 14.3 Å². The number of nitrogens with one attached hydrogen (secondary N) is 1. The number of fused-ring (bicyclic) bond motifs is 1. The molecule has 4 heteroatoms. The molecule has 1 aromatic carbocycles. The first-order chi connectivity index (χ1) is 7.75. The second kappa shape index (κ2) is 3.06. The number of carbonyl (C=O) groups excluding carboxylic acids is 2. The van der Waals surface area contributed by atoms with Gasteiger partial charge < -0.3 is 9.72 Å². The van der Waals surface area contributed by atoms with Gasteiger partial charge in [0.2, 0.25) is 0 Å². The van der Waals surface area contributed by atoms with Crippen molar-refractivity contribution in [3.05, 3.63) is 42.1 Å². The van der Waals surface area contributed by atoms with E-state index in [0.29, 0.717) is 11.1 Å². The maximum absolute atomic E-state index is 11.4. The molecule has 0 fully saturated rings. The Hall–Kier alpha value is -2.36. The van der Waals surface area contributed by atoms with Crippen LogP contribution in [-0.4, -0.2) is 16.9 Å². The minimum Gasteiger partial charge on any atom is -0.386 e. The molecular formula is C12H7NO3. The van der Waals surface area contributed by atoms with Crippen LogP contribution in [0.15, 0.2) is 36.5 Å². The number of ether oxygens (including phenoxy) is 1. The summed E-state index contributed by atoms with van der Waals surface area (Å²) in [5.74, 6) is -1.19. The minimum atomic E-state index is -0.606. The lowest BCUT2D eigenvalue weighted by atomic mass is 10.1. The van der Waals surface area contributed by atoms with Gasteiger partial charge in [0.1, 0.15) is 0 Å². The van der Waals surface area contributed by atoms with E-state index in [0.717, 1.165) is 10.9 Å². The highest BCUT2D eigenvalue weighted by Gasteiger charge is 2.26. The number of H-pyrrole nitrogens is 1. The van der Waals surface area contributed by atoms with Crippen molar-refractivity contribution in [3.63, 3.8) is 0 Å². The van der Waals surface area contributed by atoms with Crippen LogP contribution in [0.3, 0.4) is 0 Å². The number of para-hydroxylation sites is 1. The molecule has 4 nitrogen and oxygen atoms in total. The van der Waals surface area contributed by atoms with E-state index in [9.17, 15) is 9.59 Å². The molecular weight excluding hydrogens is 206 g/mol. The number of rotatable bonds is 1. The lowest BCUT2D eigenvalue weighted by Gasteiger charge is -1.95. The number of hydrogen-bond acceptors (Lipinski definition) is 3. The summed E-state index contributed by atoms with van der Waals surface area (Å²) in [5.41, 5.74) is 1.93. The molecule has 0 bridgehead atoms. The summed E-state index contributed by atoms with van der Waals surface area (Å²) in [7, 11) is 0. The summed E-state index contributed by atoms with van der Waals surface area (Å²) in [6, 6.07) is 7.57. The molecule has 0 saturated carbocycles. The predicted molar refractivity (Wildman–Crippen MR) is 57.4 cm³/mol. The summed E-state index contributed by atoms with van der Waals surface area (Å²) in [4.78, 5) is 25.4. The van der Waals surface area contributed by atoms with Crippen LogP contribution in [0.4, 0.5) is 0 Å². The Morgan fingerprint density at radius 3 is 2.69 bits per heavy atom. The van der Waals surface area contributed by atoms with E-state index in [2.05, 4.69) is 9.72 Å². The van der Waals surface area contributed by atoms with Crippen LogP contribution in [0.2, 0.25) is 0 Å². The topological polar surface area (TPSA) is 59.2 Å². The third kappa shape index (κ3) is 1.16. The average Bonchev–Trinajstić information content (AvgIpc) is 2.81. The van der Waals surface area contributed by atoms with Crippen molar-refractivity contribution in [3.8, 4) is 0 Å². The smallest absolute Gasteiger partial charge is 0.346 e. The van der Waals surface area contributed by atoms with Crippen molar-refractivity contribution in [2.24, 2.45) is 0 Å². The highest BCUT2D eigenvalue weighted by molar-refractivity contribution is 6.30. The molecule has 16 heavy (non-hydrogen) atoms. The highest BCUT2D eigenvalue weighted by Crippen LogP contribution is 2.28.